The molecule has 3 heterocycles. The van der Waals surface area contributed by atoms with Gasteiger partial charge in [-0.05, 0) is 35.9 Å². The van der Waals surface area contributed by atoms with Gasteiger partial charge in [0, 0.05) is 10.9 Å². The van der Waals surface area contributed by atoms with Crippen LogP contribution < -0.4 is 4.74 Å². The van der Waals surface area contributed by atoms with Crippen LogP contribution in [0.25, 0.3) is 33.3 Å². The van der Waals surface area contributed by atoms with Crippen molar-refractivity contribution >= 4 is 10.9 Å². The molecule has 1 aliphatic rings. The first-order valence-corrected chi connectivity index (χ1v) is 7.73. The number of aromatic nitrogens is 4. The van der Waals surface area contributed by atoms with Crippen LogP contribution in [0.5, 0.6) is 5.88 Å². The molecule has 0 unspecified atom stereocenters. The number of ether oxygens (including phenoxy) is 1. The second kappa shape index (κ2) is 4.92. The van der Waals surface area contributed by atoms with Crippen LogP contribution in [-0.4, -0.2) is 26.6 Å². The number of fused-ring (bicyclic) bond motifs is 2. The van der Waals surface area contributed by atoms with Crippen molar-refractivity contribution in [2.75, 3.05) is 6.61 Å². The molecule has 4 aromatic rings. The van der Waals surface area contributed by atoms with Crippen LogP contribution in [0, 0.1) is 5.82 Å². The van der Waals surface area contributed by atoms with E-state index < -0.39 is 0 Å². The molecule has 1 aliphatic heterocycles. The molecule has 5 rings (SSSR count). The molecule has 5 nitrogen and oxygen atoms in total. The third-order valence-corrected chi connectivity index (χ3v) is 4.30. The zero-order valence-electron chi connectivity index (χ0n) is 12.7. The van der Waals surface area contributed by atoms with E-state index in [1.807, 2.05) is 22.9 Å². The van der Waals surface area contributed by atoms with Crippen LogP contribution in [0.3, 0.4) is 0 Å². The molecule has 24 heavy (non-hydrogen) atoms. The van der Waals surface area contributed by atoms with E-state index in [1.54, 1.807) is 18.3 Å². The summed E-state index contributed by atoms with van der Waals surface area (Å²) < 4.78 is 20.9. The maximum atomic E-state index is 13.3. The number of H-pyrrole nitrogens is 1. The molecule has 0 fully saturated rings. The predicted octanol–water partition coefficient (Wildman–Crippen LogP) is 3.62. The first-order valence-electron chi connectivity index (χ1n) is 7.73. The van der Waals surface area contributed by atoms with Crippen LogP contribution >= 0.6 is 0 Å². The van der Waals surface area contributed by atoms with Gasteiger partial charge in [0.25, 0.3) is 0 Å². The van der Waals surface area contributed by atoms with E-state index in [0.717, 1.165) is 45.7 Å². The van der Waals surface area contributed by atoms with Gasteiger partial charge >= 0.3 is 0 Å². The quantitative estimate of drug-likeness (QED) is 0.614. The fourth-order valence-corrected chi connectivity index (χ4v) is 3.14. The highest BCUT2D eigenvalue weighted by molar-refractivity contribution is 5.90. The van der Waals surface area contributed by atoms with Crippen molar-refractivity contribution in [1.82, 2.24) is 20.0 Å². The topological polar surface area (TPSA) is 55.7 Å². The molecule has 0 bridgehead atoms. The smallest absolute Gasteiger partial charge is 0.220 e. The minimum absolute atomic E-state index is 0.262. The van der Waals surface area contributed by atoms with Gasteiger partial charge in [0.2, 0.25) is 5.88 Å². The van der Waals surface area contributed by atoms with Gasteiger partial charge in [0.1, 0.15) is 18.1 Å². The maximum Gasteiger partial charge on any atom is 0.220 e. The van der Waals surface area contributed by atoms with E-state index in [9.17, 15) is 4.39 Å². The average molecular weight is 320 g/mol. The summed E-state index contributed by atoms with van der Waals surface area (Å²) in [7, 11) is 0. The summed E-state index contributed by atoms with van der Waals surface area (Å²) in [5.41, 5.74) is 4.53. The van der Waals surface area contributed by atoms with Crippen molar-refractivity contribution in [2.45, 2.75) is 6.54 Å². The first-order chi connectivity index (χ1) is 11.8. The maximum absolute atomic E-state index is 13.3. The van der Waals surface area contributed by atoms with Gasteiger partial charge in [-0.1, -0.05) is 12.1 Å². The summed E-state index contributed by atoms with van der Waals surface area (Å²) in [5.74, 6) is 0.496. The van der Waals surface area contributed by atoms with Crippen molar-refractivity contribution in [1.29, 1.82) is 0 Å². The second-order valence-corrected chi connectivity index (χ2v) is 5.78. The molecule has 0 atom stereocenters. The molecule has 2 aromatic carbocycles. The lowest BCUT2D eigenvalue weighted by molar-refractivity contribution is 0.358. The van der Waals surface area contributed by atoms with E-state index >= 15 is 0 Å². The molecule has 0 amide bonds. The molecular formula is C18H13FN4O. The van der Waals surface area contributed by atoms with Crippen LogP contribution in [0.2, 0.25) is 0 Å². The Bertz CT molecular complexity index is 1050. The Balaban J connectivity index is 1.75. The summed E-state index contributed by atoms with van der Waals surface area (Å²) in [6.07, 6.45) is 1.79. The summed E-state index contributed by atoms with van der Waals surface area (Å²) in [5, 5.41) is 12.8. The summed E-state index contributed by atoms with van der Waals surface area (Å²) in [4.78, 5) is 0. The summed E-state index contributed by atoms with van der Waals surface area (Å²) in [6.45, 7) is 1.33. The Morgan fingerprint density at radius 3 is 2.79 bits per heavy atom. The van der Waals surface area contributed by atoms with Gasteiger partial charge in [-0.15, -0.1) is 0 Å². The van der Waals surface area contributed by atoms with Crippen molar-refractivity contribution in [3.8, 4) is 28.3 Å². The highest BCUT2D eigenvalue weighted by Crippen LogP contribution is 2.41. The Kier molecular flexibility index (Phi) is 2.73. The zero-order chi connectivity index (χ0) is 16.1. The number of hydrogen-bond donors (Lipinski definition) is 1. The molecule has 0 radical (unpaired) electrons. The number of aromatic amines is 1. The lowest BCUT2D eigenvalue weighted by Gasteiger charge is -2.06. The second-order valence-electron chi connectivity index (χ2n) is 5.78. The number of hydrogen-bond acceptors (Lipinski definition) is 3. The van der Waals surface area contributed by atoms with Gasteiger partial charge in [0.15, 0.2) is 0 Å². The van der Waals surface area contributed by atoms with E-state index in [1.165, 1.54) is 12.1 Å². The van der Waals surface area contributed by atoms with Crippen molar-refractivity contribution in [3.05, 3.63) is 54.5 Å². The summed E-state index contributed by atoms with van der Waals surface area (Å²) in [6, 6.07) is 12.5. The predicted molar refractivity (Wildman–Crippen MR) is 88.2 cm³/mol. The molecule has 0 aliphatic carbocycles. The molecule has 0 saturated carbocycles. The van der Waals surface area contributed by atoms with E-state index in [2.05, 4.69) is 15.3 Å². The highest BCUT2D eigenvalue weighted by Gasteiger charge is 2.25. The SMILES string of the molecule is Fc1ccc(-c2nn3c(c2-c2ccc4cn[nH]c4c2)OCC3)cc1. The van der Waals surface area contributed by atoms with Crippen LogP contribution in [-0.2, 0) is 6.54 Å². The molecule has 2 aromatic heterocycles. The number of nitrogens with zero attached hydrogens (tertiary/aromatic N) is 3. The van der Waals surface area contributed by atoms with Gasteiger partial charge < -0.3 is 4.74 Å². The Morgan fingerprint density at radius 1 is 1.08 bits per heavy atom. The molecule has 1 N–H and O–H groups in total. The molecule has 118 valence electrons. The number of nitrogens with one attached hydrogen (secondary N) is 1. The fourth-order valence-electron chi connectivity index (χ4n) is 3.14. The third kappa shape index (κ3) is 1.93. The normalized spacial score (nSPS) is 13.2. The Hall–Kier alpha value is -3.15. The number of benzene rings is 2. The molecule has 0 saturated heterocycles. The van der Waals surface area contributed by atoms with Crippen molar-refractivity contribution < 1.29 is 9.13 Å². The van der Waals surface area contributed by atoms with Gasteiger partial charge in [0.05, 0.1) is 23.8 Å². The largest absolute Gasteiger partial charge is 0.475 e. The first kappa shape index (κ1) is 13.3. The van der Waals surface area contributed by atoms with E-state index in [-0.39, 0.29) is 5.82 Å². The lowest BCUT2D eigenvalue weighted by Crippen LogP contribution is -1.96. The van der Waals surface area contributed by atoms with E-state index in [4.69, 9.17) is 4.74 Å². The van der Waals surface area contributed by atoms with Crippen LogP contribution in [0.1, 0.15) is 0 Å². The number of rotatable bonds is 2. The lowest BCUT2D eigenvalue weighted by atomic mass is 10.0. The highest BCUT2D eigenvalue weighted by atomic mass is 19.1. The van der Waals surface area contributed by atoms with Gasteiger partial charge in [-0.2, -0.15) is 10.2 Å². The van der Waals surface area contributed by atoms with Gasteiger partial charge in [-0.25, -0.2) is 9.07 Å². The average Bonchev–Trinajstić information content (AvgIpc) is 3.29. The zero-order valence-corrected chi connectivity index (χ0v) is 12.7. The number of halogens is 1. The van der Waals surface area contributed by atoms with E-state index in [0.29, 0.717) is 6.61 Å². The fraction of sp³-hybridized carbons (Fsp3) is 0.111. The van der Waals surface area contributed by atoms with Crippen molar-refractivity contribution in [3.63, 3.8) is 0 Å². The minimum atomic E-state index is -0.262. The van der Waals surface area contributed by atoms with Crippen LogP contribution in [0.4, 0.5) is 4.39 Å². The third-order valence-electron chi connectivity index (χ3n) is 4.30. The Morgan fingerprint density at radius 2 is 1.92 bits per heavy atom. The van der Waals surface area contributed by atoms with Gasteiger partial charge in [-0.3, -0.25) is 5.10 Å². The van der Waals surface area contributed by atoms with Crippen LogP contribution in [0.15, 0.2) is 48.7 Å². The molecule has 0 spiro atoms. The monoisotopic (exact) mass is 320 g/mol. The van der Waals surface area contributed by atoms with Crippen molar-refractivity contribution in [2.24, 2.45) is 0 Å². The summed E-state index contributed by atoms with van der Waals surface area (Å²) >= 11 is 0. The Labute approximate surface area is 136 Å². The molecular weight excluding hydrogens is 307 g/mol. The standard InChI is InChI=1S/C18H13FN4O/c19-14-5-3-11(4-6-14)17-16(18-23(22-17)7-8-24-18)12-1-2-13-10-20-21-15(13)9-12/h1-6,9-10H,7-8H2,(H,20,21). The minimum Gasteiger partial charge on any atom is -0.475 e. The molecule has 6 heteroatoms.